The van der Waals surface area contributed by atoms with Crippen LogP contribution < -0.4 is 0 Å². The SMILES string of the molecule is BrCc1c2ccoc2cc2ccoc12. The summed E-state index contributed by atoms with van der Waals surface area (Å²) in [5.74, 6) is 0. The molecule has 2 aromatic heterocycles. The second-order valence-electron chi connectivity index (χ2n) is 3.16. The summed E-state index contributed by atoms with van der Waals surface area (Å²) in [5.41, 5.74) is 3.00. The topological polar surface area (TPSA) is 26.3 Å². The van der Waals surface area contributed by atoms with E-state index in [1.54, 1.807) is 12.5 Å². The maximum absolute atomic E-state index is 5.45. The number of hydrogen-bond donors (Lipinski definition) is 0. The van der Waals surface area contributed by atoms with Crippen molar-refractivity contribution in [2.24, 2.45) is 0 Å². The average Bonchev–Trinajstić information content (AvgIpc) is 2.80. The van der Waals surface area contributed by atoms with Crippen LogP contribution in [0.2, 0.25) is 0 Å². The van der Waals surface area contributed by atoms with E-state index >= 15 is 0 Å². The second kappa shape index (κ2) is 2.89. The van der Waals surface area contributed by atoms with Gasteiger partial charge in [0, 0.05) is 21.7 Å². The van der Waals surface area contributed by atoms with E-state index < -0.39 is 0 Å². The van der Waals surface area contributed by atoms with E-state index in [0.29, 0.717) is 0 Å². The zero-order valence-corrected chi connectivity index (χ0v) is 8.87. The van der Waals surface area contributed by atoms with Gasteiger partial charge in [0.05, 0.1) is 12.5 Å². The molecule has 2 nitrogen and oxygen atoms in total. The number of rotatable bonds is 1. The van der Waals surface area contributed by atoms with Crippen molar-refractivity contribution < 1.29 is 8.83 Å². The van der Waals surface area contributed by atoms with Gasteiger partial charge in [-0.25, -0.2) is 0 Å². The molecule has 0 saturated heterocycles. The van der Waals surface area contributed by atoms with Crippen molar-refractivity contribution in [2.75, 3.05) is 0 Å². The third-order valence-corrected chi connectivity index (χ3v) is 2.97. The third-order valence-electron chi connectivity index (χ3n) is 2.41. The van der Waals surface area contributed by atoms with Gasteiger partial charge < -0.3 is 8.83 Å². The van der Waals surface area contributed by atoms with Gasteiger partial charge >= 0.3 is 0 Å². The first-order valence-corrected chi connectivity index (χ1v) is 5.44. The Hall–Kier alpha value is -1.22. The highest BCUT2D eigenvalue weighted by Gasteiger charge is 2.10. The lowest BCUT2D eigenvalue weighted by Crippen LogP contribution is -1.79. The molecule has 0 saturated carbocycles. The summed E-state index contributed by atoms with van der Waals surface area (Å²) < 4.78 is 10.8. The molecule has 1 aromatic carbocycles. The summed E-state index contributed by atoms with van der Waals surface area (Å²) in [6.45, 7) is 0. The molecule has 3 aromatic rings. The van der Waals surface area contributed by atoms with Crippen molar-refractivity contribution >= 4 is 37.9 Å². The largest absolute Gasteiger partial charge is 0.464 e. The van der Waals surface area contributed by atoms with Crippen LogP contribution in [0.5, 0.6) is 0 Å². The zero-order chi connectivity index (χ0) is 9.54. The molecule has 0 unspecified atom stereocenters. The van der Waals surface area contributed by atoms with Gasteiger partial charge in [-0.2, -0.15) is 0 Å². The minimum atomic E-state index is 0.772. The fourth-order valence-corrected chi connectivity index (χ4v) is 2.31. The molecule has 3 heteroatoms. The van der Waals surface area contributed by atoms with Crippen LogP contribution in [-0.4, -0.2) is 0 Å². The van der Waals surface area contributed by atoms with Crippen LogP contribution in [0.15, 0.2) is 39.6 Å². The first-order chi connectivity index (χ1) is 6.90. The number of hydrogen-bond acceptors (Lipinski definition) is 2. The first kappa shape index (κ1) is 8.12. The summed E-state index contributed by atoms with van der Waals surface area (Å²) in [6.07, 6.45) is 3.41. The molecule has 2 heterocycles. The fraction of sp³-hybridized carbons (Fsp3) is 0.0909. The molecule has 0 amide bonds. The highest BCUT2D eigenvalue weighted by molar-refractivity contribution is 9.08. The fourth-order valence-electron chi connectivity index (χ4n) is 1.76. The minimum Gasteiger partial charge on any atom is -0.464 e. The molecular weight excluding hydrogens is 244 g/mol. The second-order valence-corrected chi connectivity index (χ2v) is 3.72. The lowest BCUT2D eigenvalue weighted by molar-refractivity contribution is 0.610. The van der Waals surface area contributed by atoms with Gasteiger partial charge in [-0.1, -0.05) is 15.9 Å². The molecule has 0 fully saturated rings. The number of benzene rings is 1. The Morgan fingerprint density at radius 3 is 2.86 bits per heavy atom. The normalized spacial score (nSPS) is 11.5. The van der Waals surface area contributed by atoms with Crippen molar-refractivity contribution in [3.05, 3.63) is 36.3 Å². The number of alkyl halides is 1. The monoisotopic (exact) mass is 250 g/mol. The Balaban J connectivity index is 2.59. The van der Waals surface area contributed by atoms with Crippen molar-refractivity contribution in [2.45, 2.75) is 5.33 Å². The Kier molecular flexibility index (Phi) is 1.67. The van der Waals surface area contributed by atoms with E-state index in [1.807, 2.05) is 18.2 Å². The van der Waals surface area contributed by atoms with E-state index in [4.69, 9.17) is 8.83 Å². The van der Waals surface area contributed by atoms with Crippen molar-refractivity contribution in [3.8, 4) is 0 Å². The zero-order valence-electron chi connectivity index (χ0n) is 7.29. The lowest BCUT2D eigenvalue weighted by Gasteiger charge is -1.98. The van der Waals surface area contributed by atoms with E-state index in [0.717, 1.165) is 32.8 Å². The van der Waals surface area contributed by atoms with Gasteiger partial charge in [0.15, 0.2) is 0 Å². The number of furan rings is 2. The highest BCUT2D eigenvalue weighted by Crippen LogP contribution is 2.31. The quantitative estimate of drug-likeness (QED) is 0.609. The Morgan fingerprint density at radius 1 is 1.14 bits per heavy atom. The molecule has 0 aliphatic rings. The van der Waals surface area contributed by atoms with Crippen LogP contribution in [0.25, 0.3) is 21.9 Å². The summed E-state index contributed by atoms with van der Waals surface area (Å²) in [4.78, 5) is 0. The molecule has 0 N–H and O–H groups in total. The third kappa shape index (κ3) is 0.960. The smallest absolute Gasteiger partial charge is 0.138 e. The maximum Gasteiger partial charge on any atom is 0.138 e. The highest BCUT2D eigenvalue weighted by atomic mass is 79.9. The van der Waals surface area contributed by atoms with E-state index in [2.05, 4.69) is 15.9 Å². The molecule has 3 rings (SSSR count). The summed E-state index contributed by atoms with van der Waals surface area (Å²) in [6, 6.07) is 5.91. The molecular formula is C11H7BrO2. The molecule has 0 atom stereocenters. The molecule has 0 aliphatic carbocycles. The van der Waals surface area contributed by atoms with Gasteiger partial charge in [0.2, 0.25) is 0 Å². The number of fused-ring (bicyclic) bond motifs is 2. The summed E-state index contributed by atoms with van der Waals surface area (Å²) >= 11 is 3.47. The Bertz CT molecular complexity index is 543. The van der Waals surface area contributed by atoms with Crippen molar-refractivity contribution in [3.63, 3.8) is 0 Å². The number of halogens is 1. The molecule has 0 aliphatic heterocycles. The maximum atomic E-state index is 5.45. The van der Waals surface area contributed by atoms with Crippen molar-refractivity contribution in [1.82, 2.24) is 0 Å². The van der Waals surface area contributed by atoms with Gasteiger partial charge in [0.25, 0.3) is 0 Å². The standard InChI is InChI=1S/C11H7BrO2/c12-6-9-8-2-4-13-10(8)5-7-1-3-14-11(7)9/h1-5H,6H2. The predicted octanol–water partition coefficient (Wildman–Crippen LogP) is 4.07. The van der Waals surface area contributed by atoms with Gasteiger partial charge in [-0.3, -0.25) is 0 Å². The minimum absolute atomic E-state index is 0.772. The Labute approximate surface area is 88.6 Å². The summed E-state index contributed by atoms with van der Waals surface area (Å²) in [7, 11) is 0. The van der Waals surface area contributed by atoms with E-state index in [9.17, 15) is 0 Å². The summed E-state index contributed by atoms with van der Waals surface area (Å²) in [5, 5.41) is 2.97. The molecule has 0 radical (unpaired) electrons. The van der Waals surface area contributed by atoms with Crippen LogP contribution in [0.1, 0.15) is 5.56 Å². The van der Waals surface area contributed by atoms with Crippen molar-refractivity contribution in [1.29, 1.82) is 0 Å². The molecule has 70 valence electrons. The van der Waals surface area contributed by atoms with Gasteiger partial charge in [-0.05, 0) is 18.2 Å². The van der Waals surface area contributed by atoms with Gasteiger partial charge in [-0.15, -0.1) is 0 Å². The van der Waals surface area contributed by atoms with Crippen LogP contribution in [0, 0.1) is 0 Å². The van der Waals surface area contributed by atoms with Crippen LogP contribution in [0.4, 0.5) is 0 Å². The lowest BCUT2D eigenvalue weighted by atomic mass is 10.1. The van der Waals surface area contributed by atoms with Gasteiger partial charge in [0.1, 0.15) is 11.2 Å². The average molecular weight is 251 g/mol. The van der Waals surface area contributed by atoms with Crippen LogP contribution >= 0.6 is 15.9 Å². The molecule has 0 bridgehead atoms. The van der Waals surface area contributed by atoms with Crippen LogP contribution in [0.3, 0.4) is 0 Å². The van der Waals surface area contributed by atoms with E-state index in [-0.39, 0.29) is 0 Å². The predicted molar refractivity (Wildman–Crippen MR) is 58.6 cm³/mol. The molecule has 14 heavy (non-hydrogen) atoms. The van der Waals surface area contributed by atoms with Crippen LogP contribution in [-0.2, 0) is 5.33 Å². The first-order valence-electron chi connectivity index (χ1n) is 4.32. The van der Waals surface area contributed by atoms with E-state index in [1.165, 1.54) is 0 Å². The molecule has 0 spiro atoms. The Morgan fingerprint density at radius 2 is 2.00 bits per heavy atom.